The fraction of sp³-hybridized carbons (Fsp3) is 0.267. The maximum atomic E-state index is 12.8. The highest BCUT2D eigenvalue weighted by atomic mass is 32.2. The number of carbonyl (C=O) groups is 1. The van der Waals surface area contributed by atoms with Gasteiger partial charge in [-0.25, -0.2) is 0 Å². The Morgan fingerprint density at radius 2 is 2.11 bits per heavy atom. The zero-order chi connectivity index (χ0) is 12.9. The average Bonchev–Trinajstić information content (AvgIpc) is 2.96. The number of hydrogen-bond acceptors (Lipinski definition) is 4. The van der Waals surface area contributed by atoms with Crippen molar-refractivity contribution in [1.29, 1.82) is 0 Å². The monoisotopic (exact) mass is 288 g/mol. The van der Waals surface area contributed by atoms with Gasteiger partial charge in [-0.3, -0.25) is 4.79 Å². The molecule has 0 saturated carbocycles. The van der Waals surface area contributed by atoms with E-state index in [-0.39, 0.29) is 11.9 Å². The summed E-state index contributed by atoms with van der Waals surface area (Å²) in [5.41, 5.74) is 1.36. The van der Waals surface area contributed by atoms with Crippen molar-refractivity contribution in [1.82, 2.24) is 0 Å². The molecule has 0 amide bonds. The summed E-state index contributed by atoms with van der Waals surface area (Å²) >= 11 is 3.46. The summed E-state index contributed by atoms with van der Waals surface area (Å²) < 4.78 is 5.88. The predicted octanol–water partition coefficient (Wildman–Crippen LogP) is 3.69. The van der Waals surface area contributed by atoms with Crippen LogP contribution < -0.4 is 0 Å². The molecule has 96 valence electrons. The molecule has 1 aromatic heterocycles. The van der Waals surface area contributed by atoms with E-state index in [0.717, 1.165) is 27.5 Å². The van der Waals surface area contributed by atoms with Crippen molar-refractivity contribution in [2.45, 2.75) is 17.5 Å². The fourth-order valence-electron chi connectivity index (χ4n) is 2.66. The molecule has 1 aromatic carbocycles. The minimum absolute atomic E-state index is 0.0429. The lowest BCUT2D eigenvalue weighted by molar-refractivity contribution is 0.0892. The normalized spacial score (nSPS) is 29.1. The van der Waals surface area contributed by atoms with Crippen molar-refractivity contribution in [2.75, 3.05) is 5.75 Å². The summed E-state index contributed by atoms with van der Waals surface area (Å²) in [5.74, 6) is 1.80. The highest BCUT2D eigenvalue weighted by Gasteiger charge is 2.63. The summed E-state index contributed by atoms with van der Waals surface area (Å²) in [6, 6.07) is 12.0. The first-order valence-corrected chi connectivity index (χ1v) is 8.26. The zero-order valence-electron chi connectivity index (χ0n) is 10.2. The number of benzene rings is 1. The maximum Gasteiger partial charge on any atom is 0.198 e. The van der Waals surface area contributed by atoms with E-state index in [0.29, 0.717) is 0 Å². The molecule has 0 unspecified atom stereocenters. The summed E-state index contributed by atoms with van der Waals surface area (Å²) in [7, 11) is 0. The second-order valence-corrected chi connectivity index (χ2v) is 6.85. The Morgan fingerprint density at radius 3 is 2.95 bits per heavy atom. The Labute approximate surface area is 119 Å². The van der Waals surface area contributed by atoms with Crippen LogP contribution in [0.5, 0.6) is 0 Å². The van der Waals surface area contributed by atoms with E-state index in [9.17, 15) is 4.79 Å². The third-order valence-electron chi connectivity index (χ3n) is 3.72. The summed E-state index contributed by atoms with van der Waals surface area (Å²) in [6.07, 6.45) is -0.0429. The van der Waals surface area contributed by atoms with Gasteiger partial charge in [0, 0.05) is 21.9 Å². The standard InChI is InChI=1S/C15H12O2S2/c16-13-11-5-2-1-4-10(11)8-18-9-15(13)14(17-15)12-6-3-7-19-12/h1-7,14H,8-9H2/t14-,15+/m0/s1. The quantitative estimate of drug-likeness (QED) is 0.750. The number of carbonyl (C=O) groups excluding carboxylic acids is 1. The molecule has 0 aliphatic carbocycles. The first-order valence-electron chi connectivity index (χ1n) is 6.23. The lowest BCUT2D eigenvalue weighted by Crippen LogP contribution is -2.27. The van der Waals surface area contributed by atoms with E-state index in [1.807, 2.05) is 35.7 Å². The van der Waals surface area contributed by atoms with Gasteiger partial charge in [-0.15, -0.1) is 11.3 Å². The van der Waals surface area contributed by atoms with Gasteiger partial charge < -0.3 is 4.74 Å². The van der Waals surface area contributed by atoms with Gasteiger partial charge in [0.05, 0.1) is 0 Å². The van der Waals surface area contributed by atoms with Crippen LogP contribution in [0.1, 0.15) is 26.9 Å². The minimum Gasteiger partial charge on any atom is -0.350 e. The van der Waals surface area contributed by atoms with Crippen LogP contribution >= 0.6 is 23.1 Å². The second-order valence-electron chi connectivity index (χ2n) is 4.88. The summed E-state index contributed by atoms with van der Waals surface area (Å²) in [5, 5.41) is 2.03. The largest absolute Gasteiger partial charge is 0.350 e. The van der Waals surface area contributed by atoms with Crippen LogP contribution in [-0.4, -0.2) is 17.1 Å². The van der Waals surface area contributed by atoms with Crippen molar-refractivity contribution in [3.8, 4) is 0 Å². The van der Waals surface area contributed by atoms with Crippen LogP contribution in [-0.2, 0) is 10.5 Å². The molecule has 0 radical (unpaired) electrons. The molecular weight excluding hydrogens is 276 g/mol. The molecule has 1 fully saturated rings. The van der Waals surface area contributed by atoms with Gasteiger partial charge >= 0.3 is 0 Å². The fourth-order valence-corrected chi connectivity index (χ4v) is 4.72. The minimum atomic E-state index is -0.609. The molecule has 2 aromatic rings. The number of ether oxygens (including phenoxy) is 1. The first kappa shape index (κ1) is 11.7. The predicted molar refractivity (Wildman–Crippen MR) is 77.8 cm³/mol. The summed E-state index contributed by atoms with van der Waals surface area (Å²) in [4.78, 5) is 14.0. The molecule has 4 rings (SSSR count). The number of epoxide rings is 1. The van der Waals surface area contributed by atoms with Crippen LogP contribution in [0, 0.1) is 0 Å². The molecule has 1 spiro atoms. The molecule has 4 heteroatoms. The highest BCUT2D eigenvalue weighted by molar-refractivity contribution is 7.98. The Morgan fingerprint density at radius 1 is 1.21 bits per heavy atom. The number of thioether (sulfide) groups is 1. The molecule has 0 bridgehead atoms. The number of hydrogen-bond donors (Lipinski definition) is 0. The molecule has 2 aliphatic rings. The third kappa shape index (κ3) is 1.71. The number of ketones is 1. The van der Waals surface area contributed by atoms with Crippen molar-refractivity contribution in [3.63, 3.8) is 0 Å². The Hall–Kier alpha value is -1.10. The first-order chi connectivity index (χ1) is 9.31. The smallest absolute Gasteiger partial charge is 0.198 e. The molecule has 3 heterocycles. The van der Waals surface area contributed by atoms with Gasteiger partial charge in [-0.2, -0.15) is 11.8 Å². The van der Waals surface area contributed by atoms with E-state index < -0.39 is 5.60 Å². The van der Waals surface area contributed by atoms with Gasteiger partial charge in [0.2, 0.25) is 0 Å². The number of fused-ring (bicyclic) bond motifs is 1. The van der Waals surface area contributed by atoms with E-state index in [2.05, 4.69) is 6.07 Å². The van der Waals surface area contributed by atoms with E-state index in [1.165, 1.54) is 0 Å². The van der Waals surface area contributed by atoms with Gasteiger partial charge in [-0.05, 0) is 17.0 Å². The van der Waals surface area contributed by atoms with Gasteiger partial charge in [0.25, 0.3) is 0 Å². The van der Waals surface area contributed by atoms with Crippen molar-refractivity contribution < 1.29 is 9.53 Å². The van der Waals surface area contributed by atoms with E-state index >= 15 is 0 Å². The van der Waals surface area contributed by atoms with Crippen LogP contribution in [0.4, 0.5) is 0 Å². The van der Waals surface area contributed by atoms with Crippen LogP contribution in [0.15, 0.2) is 41.8 Å². The summed E-state index contributed by atoms with van der Waals surface area (Å²) in [6.45, 7) is 0. The number of rotatable bonds is 1. The van der Waals surface area contributed by atoms with Gasteiger partial charge in [0.15, 0.2) is 11.4 Å². The lowest BCUT2D eigenvalue weighted by Gasteiger charge is -2.08. The second kappa shape index (κ2) is 4.20. The lowest BCUT2D eigenvalue weighted by atomic mass is 9.93. The average molecular weight is 288 g/mol. The topological polar surface area (TPSA) is 29.6 Å². The molecule has 2 atom stereocenters. The van der Waals surface area contributed by atoms with Crippen molar-refractivity contribution >= 4 is 28.9 Å². The molecule has 19 heavy (non-hydrogen) atoms. The maximum absolute atomic E-state index is 12.8. The van der Waals surface area contributed by atoms with Gasteiger partial charge in [0.1, 0.15) is 6.10 Å². The third-order valence-corrected chi connectivity index (χ3v) is 5.78. The van der Waals surface area contributed by atoms with Crippen LogP contribution in [0.25, 0.3) is 0 Å². The molecule has 1 saturated heterocycles. The molecular formula is C15H12O2S2. The zero-order valence-corrected chi connectivity index (χ0v) is 11.8. The van der Waals surface area contributed by atoms with Crippen molar-refractivity contribution in [3.05, 3.63) is 57.8 Å². The SMILES string of the molecule is O=C1c2ccccc2CSC[C@@]12O[C@H]2c1cccs1. The Balaban J connectivity index is 1.75. The molecule has 2 aliphatic heterocycles. The van der Waals surface area contributed by atoms with E-state index in [1.54, 1.807) is 23.1 Å². The molecule has 2 nitrogen and oxygen atoms in total. The van der Waals surface area contributed by atoms with Crippen LogP contribution in [0.2, 0.25) is 0 Å². The van der Waals surface area contributed by atoms with E-state index in [4.69, 9.17) is 4.74 Å². The molecule has 0 N–H and O–H groups in total. The van der Waals surface area contributed by atoms with Crippen LogP contribution in [0.3, 0.4) is 0 Å². The number of thiophene rings is 1. The van der Waals surface area contributed by atoms with Crippen molar-refractivity contribution in [2.24, 2.45) is 0 Å². The van der Waals surface area contributed by atoms with Gasteiger partial charge in [-0.1, -0.05) is 30.3 Å². The highest BCUT2D eigenvalue weighted by Crippen LogP contribution is 2.55. The Kier molecular flexibility index (Phi) is 2.59. The number of Topliss-reactive ketones (excluding diaryl/α,β-unsaturated/α-hetero) is 1. The Bertz CT molecular complexity index is 635.